The van der Waals surface area contributed by atoms with E-state index in [1.165, 1.54) is 6.33 Å². The monoisotopic (exact) mass is 278 g/mol. The van der Waals surface area contributed by atoms with Gasteiger partial charge in [0.15, 0.2) is 0 Å². The zero-order chi connectivity index (χ0) is 14.5. The first kappa shape index (κ1) is 13.1. The Kier molecular flexibility index (Phi) is 2.81. The number of carboxylic acids is 1. The van der Waals surface area contributed by atoms with E-state index < -0.39 is 23.2 Å². The molecule has 0 aromatic carbocycles. The van der Waals surface area contributed by atoms with Crippen LogP contribution in [0.3, 0.4) is 0 Å². The SMILES string of the molecule is CC1(C)[C@H](C(=O)O)[C@@H]1C(=O)NC1CCc2ncnn2C1. The molecule has 7 heteroatoms. The van der Waals surface area contributed by atoms with E-state index in [0.717, 1.165) is 18.7 Å². The van der Waals surface area contributed by atoms with Gasteiger partial charge in [0, 0.05) is 12.5 Å². The zero-order valence-corrected chi connectivity index (χ0v) is 11.5. The van der Waals surface area contributed by atoms with Crippen LogP contribution in [0.5, 0.6) is 0 Å². The number of fused-ring (bicyclic) bond motifs is 1. The molecule has 2 heterocycles. The Labute approximate surface area is 116 Å². The van der Waals surface area contributed by atoms with Gasteiger partial charge in [0.2, 0.25) is 5.91 Å². The molecule has 0 saturated heterocycles. The van der Waals surface area contributed by atoms with E-state index in [-0.39, 0.29) is 11.9 Å². The molecule has 1 unspecified atom stereocenters. The first-order valence-electron chi connectivity index (χ1n) is 6.81. The fourth-order valence-electron chi connectivity index (χ4n) is 3.23. The van der Waals surface area contributed by atoms with Crippen molar-refractivity contribution >= 4 is 11.9 Å². The smallest absolute Gasteiger partial charge is 0.307 e. The number of hydrogen-bond acceptors (Lipinski definition) is 4. The zero-order valence-electron chi connectivity index (χ0n) is 11.5. The minimum Gasteiger partial charge on any atom is -0.481 e. The number of carboxylic acid groups (broad SMARTS) is 1. The molecule has 1 aromatic heterocycles. The van der Waals surface area contributed by atoms with Gasteiger partial charge >= 0.3 is 5.97 Å². The van der Waals surface area contributed by atoms with Crippen LogP contribution in [-0.2, 0) is 22.6 Å². The van der Waals surface area contributed by atoms with Crippen molar-refractivity contribution in [1.82, 2.24) is 20.1 Å². The predicted molar refractivity (Wildman–Crippen MR) is 68.7 cm³/mol. The molecular formula is C13H18N4O3. The highest BCUT2D eigenvalue weighted by atomic mass is 16.4. The van der Waals surface area contributed by atoms with Crippen molar-refractivity contribution in [2.24, 2.45) is 17.3 Å². The highest BCUT2D eigenvalue weighted by Crippen LogP contribution is 2.58. The van der Waals surface area contributed by atoms with Crippen molar-refractivity contribution < 1.29 is 14.7 Å². The van der Waals surface area contributed by atoms with Crippen molar-refractivity contribution in [3.63, 3.8) is 0 Å². The second kappa shape index (κ2) is 4.29. The number of rotatable bonds is 3. The Morgan fingerprint density at radius 3 is 2.85 bits per heavy atom. The molecule has 108 valence electrons. The lowest BCUT2D eigenvalue weighted by Gasteiger charge is -2.23. The molecule has 3 rings (SSSR count). The lowest BCUT2D eigenvalue weighted by Crippen LogP contribution is -2.42. The number of carbonyl (C=O) groups is 2. The summed E-state index contributed by atoms with van der Waals surface area (Å²) in [4.78, 5) is 27.5. The van der Waals surface area contributed by atoms with Crippen LogP contribution < -0.4 is 5.32 Å². The Bertz CT molecular complexity index is 566. The highest BCUT2D eigenvalue weighted by Gasteiger charge is 2.66. The highest BCUT2D eigenvalue weighted by molar-refractivity contribution is 5.91. The van der Waals surface area contributed by atoms with Gasteiger partial charge in [0.1, 0.15) is 12.2 Å². The Morgan fingerprint density at radius 2 is 2.20 bits per heavy atom. The van der Waals surface area contributed by atoms with E-state index >= 15 is 0 Å². The standard InChI is InChI=1S/C13H18N4O3/c1-13(2)9(10(13)12(19)20)11(18)16-7-3-4-8-14-6-15-17(8)5-7/h6-7,9-10H,3-5H2,1-2H3,(H,16,18)(H,19,20)/t7?,9-,10+/m1/s1. The van der Waals surface area contributed by atoms with E-state index in [2.05, 4.69) is 15.4 Å². The maximum atomic E-state index is 12.2. The Morgan fingerprint density at radius 1 is 1.45 bits per heavy atom. The number of hydrogen-bond donors (Lipinski definition) is 2. The normalized spacial score (nSPS) is 30.4. The summed E-state index contributed by atoms with van der Waals surface area (Å²) < 4.78 is 1.79. The molecule has 1 aliphatic heterocycles. The summed E-state index contributed by atoms with van der Waals surface area (Å²) in [5, 5.41) is 16.2. The molecule has 3 atom stereocenters. The molecule has 7 nitrogen and oxygen atoms in total. The average Bonchev–Trinajstić information content (AvgIpc) is 2.73. The van der Waals surface area contributed by atoms with E-state index in [1.807, 2.05) is 13.8 Å². The number of nitrogens with one attached hydrogen (secondary N) is 1. The average molecular weight is 278 g/mol. The fraction of sp³-hybridized carbons (Fsp3) is 0.692. The number of aryl methyl sites for hydroxylation is 1. The predicted octanol–water partition coefficient (Wildman–Crippen LogP) is 0.0659. The van der Waals surface area contributed by atoms with Gasteiger partial charge in [-0.05, 0) is 11.8 Å². The van der Waals surface area contributed by atoms with Crippen LogP contribution in [-0.4, -0.2) is 37.8 Å². The molecule has 2 aliphatic rings. The summed E-state index contributed by atoms with van der Waals surface area (Å²) in [6.07, 6.45) is 3.11. The van der Waals surface area contributed by atoms with E-state index in [1.54, 1.807) is 4.68 Å². The van der Waals surface area contributed by atoms with Gasteiger partial charge in [0.05, 0.1) is 18.4 Å². The van der Waals surface area contributed by atoms with Gasteiger partial charge in [-0.2, -0.15) is 5.10 Å². The lowest BCUT2D eigenvalue weighted by molar-refractivity contribution is -0.140. The molecule has 1 saturated carbocycles. The first-order valence-corrected chi connectivity index (χ1v) is 6.81. The molecule has 1 aliphatic carbocycles. The van der Waals surface area contributed by atoms with Crippen LogP contribution in [0.4, 0.5) is 0 Å². The second-order valence-electron chi connectivity index (χ2n) is 6.22. The van der Waals surface area contributed by atoms with Crippen LogP contribution in [0.25, 0.3) is 0 Å². The largest absolute Gasteiger partial charge is 0.481 e. The third-order valence-corrected chi connectivity index (χ3v) is 4.53. The van der Waals surface area contributed by atoms with Crippen LogP contribution >= 0.6 is 0 Å². The van der Waals surface area contributed by atoms with Crippen LogP contribution in [0, 0.1) is 17.3 Å². The number of aromatic nitrogens is 3. The summed E-state index contributed by atoms with van der Waals surface area (Å²) in [6.45, 7) is 4.25. The Balaban J connectivity index is 1.63. The number of amides is 1. The minimum atomic E-state index is -0.891. The summed E-state index contributed by atoms with van der Waals surface area (Å²) in [5.41, 5.74) is -0.455. The summed E-state index contributed by atoms with van der Waals surface area (Å²) in [5.74, 6) is -1.12. The van der Waals surface area contributed by atoms with E-state index in [9.17, 15) is 9.59 Å². The summed E-state index contributed by atoms with van der Waals surface area (Å²) >= 11 is 0. The van der Waals surface area contributed by atoms with E-state index in [0.29, 0.717) is 6.54 Å². The third kappa shape index (κ3) is 1.97. The first-order chi connectivity index (χ1) is 9.41. The summed E-state index contributed by atoms with van der Waals surface area (Å²) in [7, 11) is 0. The molecule has 20 heavy (non-hydrogen) atoms. The summed E-state index contributed by atoms with van der Waals surface area (Å²) in [6, 6.07) is 0.00236. The van der Waals surface area contributed by atoms with Crippen molar-refractivity contribution in [3.05, 3.63) is 12.2 Å². The Hall–Kier alpha value is -1.92. The van der Waals surface area contributed by atoms with Crippen molar-refractivity contribution in [3.8, 4) is 0 Å². The molecule has 1 amide bonds. The lowest BCUT2D eigenvalue weighted by atomic mass is 10.1. The number of nitrogens with zero attached hydrogens (tertiary/aromatic N) is 3. The molecule has 1 fully saturated rings. The molecule has 1 aromatic rings. The van der Waals surface area contributed by atoms with Gasteiger partial charge in [-0.1, -0.05) is 13.8 Å². The molecule has 0 radical (unpaired) electrons. The van der Waals surface area contributed by atoms with Crippen molar-refractivity contribution in [2.75, 3.05) is 0 Å². The van der Waals surface area contributed by atoms with E-state index in [4.69, 9.17) is 5.11 Å². The number of carbonyl (C=O) groups excluding carboxylic acids is 1. The maximum Gasteiger partial charge on any atom is 0.307 e. The van der Waals surface area contributed by atoms with Crippen molar-refractivity contribution in [1.29, 1.82) is 0 Å². The van der Waals surface area contributed by atoms with Crippen LogP contribution in [0.1, 0.15) is 26.1 Å². The van der Waals surface area contributed by atoms with Gasteiger partial charge < -0.3 is 10.4 Å². The van der Waals surface area contributed by atoms with Crippen LogP contribution in [0.15, 0.2) is 6.33 Å². The van der Waals surface area contributed by atoms with Gasteiger partial charge in [-0.15, -0.1) is 0 Å². The van der Waals surface area contributed by atoms with Crippen molar-refractivity contribution in [2.45, 2.75) is 39.3 Å². The molecule has 0 bridgehead atoms. The van der Waals surface area contributed by atoms with Gasteiger partial charge in [0.25, 0.3) is 0 Å². The third-order valence-electron chi connectivity index (χ3n) is 4.53. The minimum absolute atomic E-state index is 0.00236. The van der Waals surface area contributed by atoms with Gasteiger partial charge in [-0.3, -0.25) is 9.59 Å². The quantitative estimate of drug-likeness (QED) is 0.815. The molecular weight excluding hydrogens is 260 g/mol. The second-order valence-corrected chi connectivity index (χ2v) is 6.22. The molecule has 0 spiro atoms. The maximum absolute atomic E-state index is 12.2. The van der Waals surface area contributed by atoms with Crippen LogP contribution in [0.2, 0.25) is 0 Å². The van der Waals surface area contributed by atoms with Gasteiger partial charge in [-0.25, -0.2) is 9.67 Å². The fourth-order valence-corrected chi connectivity index (χ4v) is 3.23. The molecule has 2 N–H and O–H groups in total. The number of aliphatic carboxylic acids is 1. The topological polar surface area (TPSA) is 97.1 Å².